The third kappa shape index (κ3) is 8.19. The summed E-state index contributed by atoms with van der Waals surface area (Å²) in [5.41, 5.74) is 12.4. The Kier molecular flexibility index (Phi) is 10.9. The van der Waals surface area contributed by atoms with Crippen LogP contribution in [0.3, 0.4) is 0 Å². The Balaban J connectivity index is 2.09. The molecule has 0 bridgehead atoms. The number of carboxylic acids is 1. The van der Waals surface area contributed by atoms with Crippen LogP contribution in [0.5, 0.6) is 5.75 Å². The van der Waals surface area contributed by atoms with Crippen molar-refractivity contribution in [3.05, 3.63) is 29.8 Å². The molecule has 0 radical (unpaired) electrons. The molecule has 0 aromatic heterocycles. The quantitative estimate of drug-likeness (QED) is 0.158. The first-order valence-corrected chi connectivity index (χ1v) is 11.7. The molecule has 0 spiro atoms. The molecule has 4 atom stereocenters. The molecule has 12 nitrogen and oxygen atoms in total. The summed E-state index contributed by atoms with van der Waals surface area (Å²) in [5, 5.41) is 32.6. The van der Waals surface area contributed by atoms with Gasteiger partial charge in [0.25, 0.3) is 0 Å². The van der Waals surface area contributed by atoms with Crippen LogP contribution in [0.2, 0.25) is 0 Å². The minimum absolute atomic E-state index is 0.0928. The van der Waals surface area contributed by atoms with Crippen LogP contribution in [0.1, 0.15) is 37.7 Å². The van der Waals surface area contributed by atoms with Crippen molar-refractivity contribution < 1.29 is 34.5 Å². The van der Waals surface area contributed by atoms with Crippen LogP contribution in [-0.4, -0.2) is 87.8 Å². The third-order valence-corrected chi connectivity index (χ3v) is 5.93. The predicted octanol–water partition coefficient (Wildman–Crippen LogP) is -1.57. The highest BCUT2D eigenvalue weighted by Gasteiger charge is 2.38. The number of carbonyl (C=O) groups excluding carboxylic acids is 3. The molecule has 3 amide bonds. The first kappa shape index (κ1) is 28.0. The summed E-state index contributed by atoms with van der Waals surface area (Å²) in [6.45, 7) is -0.0866. The fraction of sp³-hybridized carbons (Fsp3) is 0.565. The maximum atomic E-state index is 13.4. The summed E-state index contributed by atoms with van der Waals surface area (Å²) in [4.78, 5) is 51.3. The van der Waals surface area contributed by atoms with E-state index in [-0.39, 0.29) is 18.7 Å². The lowest BCUT2D eigenvalue weighted by Gasteiger charge is -2.30. The molecule has 4 unspecified atom stereocenters. The van der Waals surface area contributed by atoms with E-state index in [1.807, 2.05) is 0 Å². The van der Waals surface area contributed by atoms with E-state index in [4.69, 9.17) is 16.6 Å². The molecular weight excluding hydrogens is 458 g/mol. The second-order valence-corrected chi connectivity index (χ2v) is 8.59. The Labute approximate surface area is 203 Å². The summed E-state index contributed by atoms with van der Waals surface area (Å²) < 4.78 is 0. The Morgan fingerprint density at radius 3 is 2.37 bits per heavy atom. The number of likely N-dealkylation sites (tertiary alicyclic amines) is 1. The van der Waals surface area contributed by atoms with E-state index in [0.29, 0.717) is 38.6 Å². The van der Waals surface area contributed by atoms with Gasteiger partial charge in [-0.15, -0.1) is 0 Å². The molecular formula is C23H35N5O7. The van der Waals surface area contributed by atoms with E-state index in [1.165, 1.54) is 17.0 Å². The molecule has 0 aliphatic carbocycles. The van der Waals surface area contributed by atoms with E-state index in [2.05, 4.69) is 10.6 Å². The number of unbranched alkanes of at least 4 members (excludes halogenated alkanes) is 1. The highest BCUT2D eigenvalue weighted by atomic mass is 16.4. The number of carboxylic acid groups (broad SMARTS) is 1. The van der Waals surface area contributed by atoms with Crippen molar-refractivity contribution in [2.24, 2.45) is 11.5 Å². The van der Waals surface area contributed by atoms with Gasteiger partial charge in [0, 0.05) is 6.54 Å². The zero-order chi connectivity index (χ0) is 26.0. The smallest absolute Gasteiger partial charge is 0.328 e. The fourth-order valence-corrected chi connectivity index (χ4v) is 3.96. The summed E-state index contributed by atoms with van der Waals surface area (Å²) in [7, 11) is 0. The molecule has 1 aliphatic heterocycles. The number of phenolic OH excluding ortho intramolecular Hbond substituents is 1. The Hall–Kier alpha value is -3.22. The van der Waals surface area contributed by atoms with Crippen LogP contribution in [0.15, 0.2) is 24.3 Å². The number of benzene rings is 1. The molecule has 1 aliphatic rings. The summed E-state index contributed by atoms with van der Waals surface area (Å²) in [5.74, 6) is -2.95. The van der Waals surface area contributed by atoms with Gasteiger partial charge in [0.05, 0.1) is 12.6 Å². The molecule has 1 fully saturated rings. The topological polar surface area (TPSA) is 208 Å². The number of amides is 3. The maximum Gasteiger partial charge on any atom is 0.328 e. The van der Waals surface area contributed by atoms with Gasteiger partial charge in [0.2, 0.25) is 17.7 Å². The number of nitrogens with zero attached hydrogens (tertiary/aromatic N) is 1. The normalized spacial score (nSPS) is 17.9. The summed E-state index contributed by atoms with van der Waals surface area (Å²) >= 11 is 0. The molecule has 1 heterocycles. The van der Waals surface area contributed by atoms with E-state index < -0.39 is 54.5 Å². The molecule has 1 aromatic carbocycles. The SMILES string of the molecule is NCCCCC(NC(=O)C(N)Cc1ccc(O)cc1)C(=O)N1CCCC1C(=O)NC(CO)C(=O)O. The second kappa shape index (κ2) is 13.6. The molecule has 12 heteroatoms. The molecule has 194 valence electrons. The number of aromatic hydroxyl groups is 1. The molecule has 9 N–H and O–H groups in total. The number of hydrogen-bond acceptors (Lipinski definition) is 8. The van der Waals surface area contributed by atoms with Gasteiger partial charge in [-0.25, -0.2) is 4.79 Å². The van der Waals surface area contributed by atoms with Crippen LogP contribution in [0.4, 0.5) is 0 Å². The van der Waals surface area contributed by atoms with Crippen molar-refractivity contribution in [1.82, 2.24) is 15.5 Å². The van der Waals surface area contributed by atoms with Gasteiger partial charge in [-0.2, -0.15) is 0 Å². The zero-order valence-electron chi connectivity index (χ0n) is 19.6. The van der Waals surface area contributed by atoms with Crippen molar-refractivity contribution in [2.75, 3.05) is 19.7 Å². The van der Waals surface area contributed by atoms with Crippen LogP contribution in [0.25, 0.3) is 0 Å². The Morgan fingerprint density at radius 2 is 1.77 bits per heavy atom. The van der Waals surface area contributed by atoms with Crippen molar-refractivity contribution in [1.29, 1.82) is 0 Å². The van der Waals surface area contributed by atoms with Gasteiger partial charge in [-0.3, -0.25) is 14.4 Å². The number of aliphatic hydroxyl groups is 1. The molecule has 35 heavy (non-hydrogen) atoms. The molecule has 2 rings (SSSR count). The van der Waals surface area contributed by atoms with E-state index >= 15 is 0 Å². The van der Waals surface area contributed by atoms with Gasteiger partial charge in [-0.1, -0.05) is 12.1 Å². The van der Waals surface area contributed by atoms with Gasteiger partial charge in [0.15, 0.2) is 0 Å². The van der Waals surface area contributed by atoms with Crippen LogP contribution in [-0.2, 0) is 25.6 Å². The number of phenols is 1. The lowest BCUT2D eigenvalue weighted by molar-refractivity contribution is -0.145. The van der Waals surface area contributed by atoms with E-state index in [9.17, 15) is 29.4 Å². The van der Waals surface area contributed by atoms with Crippen molar-refractivity contribution >= 4 is 23.7 Å². The van der Waals surface area contributed by atoms with Crippen molar-refractivity contribution in [3.63, 3.8) is 0 Å². The van der Waals surface area contributed by atoms with Crippen LogP contribution >= 0.6 is 0 Å². The number of hydrogen-bond donors (Lipinski definition) is 7. The van der Waals surface area contributed by atoms with Crippen molar-refractivity contribution in [2.45, 2.75) is 62.7 Å². The Bertz CT molecular complexity index is 880. The third-order valence-electron chi connectivity index (χ3n) is 5.93. The summed E-state index contributed by atoms with van der Waals surface area (Å²) in [6.07, 6.45) is 2.57. The minimum Gasteiger partial charge on any atom is -0.508 e. The van der Waals surface area contributed by atoms with Crippen molar-refractivity contribution in [3.8, 4) is 5.75 Å². The lowest BCUT2D eigenvalue weighted by Crippen LogP contribution is -2.57. The van der Waals surface area contributed by atoms with Gasteiger partial charge in [-0.05, 0) is 62.8 Å². The zero-order valence-corrected chi connectivity index (χ0v) is 19.6. The molecule has 1 saturated heterocycles. The first-order valence-electron chi connectivity index (χ1n) is 11.7. The average molecular weight is 494 g/mol. The number of aliphatic carboxylic acids is 1. The minimum atomic E-state index is -1.47. The monoisotopic (exact) mass is 493 g/mol. The first-order chi connectivity index (χ1) is 16.7. The number of nitrogens with two attached hydrogens (primary N) is 2. The Morgan fingerprint density at radius 1 is 1.09 bits per heavy atom. The van der Waals surface area contributed by atoms with Gasteiger partial charge in [0.1, 0.15) is 23.9 Å². The fourth-order valence-electron chi connectivity index (χ4n) is 3.96. The van der Waals surface area contributed by atoms with Crippen LogP contribution < -0.4 is 22.1 Å². The van der Waals surface area contributed by atoms with E-state index in [1.54, 1.807) is 12.1 Å². The predicted molar refractivity (Wildman–Crippen MR) is 126 cm³/mol. The van der Waals surface area contributed by atoms with E-state index in [0.717, 1.165) is 5.56 Å². The second-order valence-electron chi connectivity index (χ2n) is 8.59. The number of rotatable bonds is 13. The number of aliphatic hydroxyl groups excluding tert-OH is 1. The highest BCUT2D eigenvalue weighted by Crippen LogP contribution is 2.20. The average Bonchev–Trinajstić information content (AvgIpc) is 3.32. The van der Waals surface area contributed by atoms with Gasteiger partial charge >= 0.3 is 5.97 Å². The standard InChI is InChI=1S/C23H35N5O7/c24-10-2-1-4-17(26-20(31)16(25)12-14-6-8-15(30)9-7-14)22(33)28-11-3-5-19(28)21(32)27-18(13-29)23(34)35/h6-9,16-19,29-30H,1-5,10-13,24-25H2,(H,26,31)(H,27,32)(H,34,35). The largest absolute Gasteiger partial charge is 0.508 e. The summed E-state index contributed by atoms with van der Waals surface area (Å²) in [6, 6.07) is 2.03. The van der Waals surface area contributed by atoms with Gasteiger partial charge < -0.3 is 42.3 Å². The lowest BCUT2D eigenvalue weighted by atomic mass is 10.0. The number of carbonyl (C=O) groups is 4. The van der Waals surface area contributed by atoms with Crippen LogP contribution in [0, 0.1) is 0 Å². The molecule has 0 saturated carbocycles. The maximum absolute atomic E-state index is 13.4. The highest BCUT2D eigenvalue weighted by molar-refractivity contribution is 5.94. The molecule has 1 aromatic rings. The number of nitrogens with one attached hydrogen (secondary N) is 2.